The van der Waals surface area contributed by atoms with Crippen molar-refractivity contribution in [2.75, 3.05) is 5.32 Å². The third-order valence-corrected chi connectivity index (χ3v) is 4.93. The normalized spacial score (nSPS) is 34.2. The molecule has 0 radical (unpaired) electrons. The Morgan fingerprint density at radius 2 is 2.15 bits per heavy atom. The summed E-state index contributed by atoms with van der Waals surface area (Å²) in [5, 5.41) is 13.0. The number of benzene rings is 1. The first-order valence-electron chi connectivity index (χ1n) is 7.06. The highest BCUT2D eigenvalue weighted by atomic mass is 16.4. The number of anilines is 1. The average Bonchev–Trinajstić information content (AvgIpc) is 2.99. The number of aliphatic carboxylic acids is 1. The molecule has 0 aliphatic carbocycles. The minimum absolute atomic E-state index is 0.00903. The van der Waals surface area contributed by atoms with Crippen LogP contribution in [0, 0.1) is 0 Å². The monoisotopic (exact) mass is 272 g/mol. The van der Waals surface area contributed by atoms with E-state index >= 15 is 0 Å². The molecule has 20 heavy (non-hydrogen) atoms. The molecule has 0 spiro atoms. The summed E-state index contributed by atoms with van der Waals surface area (Å²) in [7, 11) is 0. The summed E-state index contributed by atoms with van der Waals surface area (Å²) in [5.41, 5.74) is 2.29. The van der Waals surface area contributed by atoms with Crippen LogP contribution < -0.4 is 5.32 Å². The van der Waals surface area contributed by atoms with Crippen molar-refractivity contribution in [3.63, 3.8) is 0 Å². The SMILES string of the molecule is O=C(O)[C@@H]1C[C@@H]2c3ccccc3N[C@@H]2[C@@H]2CCC(=O)N12. The number of hydrogen-bond donors (Lipinski definition) is 2. The summed E-state index contributed by atoms with van der Waals surface area (Å²) in [6.07, 6.45) is 1.73. The quantitative estimate of drug-likeness (QED) is 0.811. The van der Waals surface area contributed by atoms with Gasteiger partial charge in [0.1, 0.15) is 6.04 Å². The molecule has 1 aromatic carbocycles. The van der Waals surface area contributed by atoms with E-state index in [1.54, 1.807) is 4.90 Å². The Kier molecular flexibility index (Phi) is 2.34. The number of carbonyl (C=O) groups is 2. The number of hydrogen-bond acceptors (Lipinski definition) is 3. The zero-order valence-electron chi connectivity index (χ0n) is 11.0. The van der Waals surface area contributed by atoms with E-state index in [0.717, 1.165) is 12.1 Å². The van der Waals surface area contributed by atoms with Crippen LogP contribution in [0.3, 0.4) is 0 Å². The van der Waals surface area contributed by atoms with E-state index in [9.17, 15) is 14.7 Å². The number of piperidine rings is 1. The summed E-state index contributed by atoms with van der Waals surface area (Å²) in [5.74, 6) is -0.703. The predicted octanol–water partition coefficient (Wildman–Crippen LogP) is 1.41. The van der Waals surface area contributed by atoms with Gasteiger partial charge in [0, 0.05) is 18.0 Å². The molecule has 4 atom stereocenters. The van der Waals surface area contributed by atoms with Crippen molar-refractivity contribution in [1.29, 1.82) is 0 Å². The Labute approximate surface area is 116 Å². The van der Waals surface area contributed by atoms with E-state index in [1.807, 2.05) is 18.2 Å². The summed E-state index contributed by atoms with van der Waals surface area (Å²) in [4.78, 5) is 25.2. The van der Waals surface area contributed by atoms with Gasteiger partial charge in [0.15, 0.2) is 0 Å². The lowest BCUT2D eigenvalue weighted by molar-refractivity contribution is -0.152. The van der Waals surface area contributed by atoms with Crippen molar-refractivity contribution in [2.45, 2.75) is 43.3 Å². The molecule has 3 heterocycles. The van der Waals surface area contributed by atoms with Crippen molar-refractivity contribution in [1.82, 2.24) is 4.90 Å². The molecule has 1 aromatic rings. The van der Waals surface area contributed by atoms with Crippen LogP contribution in [0.5, 0.6) is 0 Å². The number of nitrogens with zero attached hydrogens (tertiary/aromatic N) is 1. The molecule has 3 aliphatic heterocycles. The van der Waals surface area contributed by atoms with Crippen LogP contribution >= 0.6 is 0 Å². The van der Waals surface area contributed by atoms with E-state index < -0.39 is 12.0 Å². The van der Waals surface area contributed by atoms with Gasteiger partial charge in [-0.1, -0.05) is 18.2 Å². The first-order valence-corrected chi connectivity index (χ1v) is 7.06. The van der Waals surface area contributed by atoms with E-state index in [1.165, 1.54) is 5.56 Å². The van der Waals surface area contributed by atoms with Gasteiger partial charge >= 0.3 is 5.97 Å². The zero-order chi connectivity index (χ0) is 13.9. The fourth-order valence-corrected chi connectivity index (χ4v) is 4.12. The van der Waals surface area contributed by atoms with Crippen LogP contribution in [0.25, 0.3) is 0 Å². The third kappa shape index (κ3) is 1.43. The van der Waals surface area contributed by atoms with Gasteiger partial charge < -0.3 is 15.3 Å². The first-order chi connectivity index (χ1) is 9.66. The molecule has 104 valence electrons. The molecular formula is C15H16N2O3. The Hall–Kier alpha value is -2.04. The van der Waals surface area contributed by atoms with Crippen LogP contribution in [-0.2, 0) is 9.59 Å². The summed E-state index contributed by atoms with van der Waals surface area (Å²) in [6.45, 7) is 0. The molecule has 0 saturated carbocycles. The van der Waals surface area contributed by atoms with E-state index in [4.69, 9.17) is 0 Å². The number of carboxylic acids is 1. The Morgan fingerprint density at radius 3 is 2.95 bits per heavy atom. The fourth-order valence-electron chi connectivity index (χ4n) is 4.12. The molecule has 4 rings (SSSR count). The highest BCUT2D eigenvalue weighted by molar-refractivity contribution is 5.86. The minimum atomic E-state index is -0.881. The Bertz CT molecular complexity index is 601. The first kappa shape index (κ1) is 11.8. The van der Waals surface area contributed by atoms with Gasteiger partial charge in [-0.2, -0.15) is 0 Å². The summed E-state index contributed by atoms with van der Waals surface area (Å²) in [6, 6.07) is 7.57. The molecule has 1 amide bonds. The Balaban J connectivity index is 1.76. The lowest BCUT2D eigenvalue weighted by Crippen LogP contribution is -2.57. The molecule has 0 aromatic heterocycles. The highest BCUT2D eigenvalue weighted by Gasteiger charge is 2.53. The molecule has 0 unspecified atom stereocenters. The van der Waals surface area contributed by atoms with Crippen molar-refractivity contribution in [2.24, 2.45) is 0 Å². The number of fused-ring (bicyclic) bond motifs is 5. The third-order valence-electron chi connectivity index (χ3n) is 4.93. The highest BCUT2D eigenvalue weighted by Crippen LogP contribution is 2.47. The number of nitrogens with one attached hydrogen (secondary N) is 1. The average molecular weight is 272 g/mol. The molecular weight excluding hydrogens is 256 g/mol. The second-order valence-electron chi connectivity index (χ2n) is 5.86. The largest absolute Gasteiger partial charge is 0.480 e. The lowest BCUT2D eigenvalue weighted by Gasteiger charge is -2.42. The molecule has 2 N–H and O–H groups in total. The maximum absolute atomic E-state index is 12.0. The van der Waals surface area contributed by atoms with Gasteiger partial charge in [-0.25, -0.2) is 4.79 Å². The van der Waals surface area contributed by atoms with E-state index in [0.29, 0.717) is 12.8 Å². The fraction of sp³-hybridized carbons (Fsp3) is 0.467. The maximum Gasteiger partial charge on any atom is 0.326 e. The molecule has 0 bridgehead atoms. The molecule has 2 fully saturated rings. The van der Waals surface area contributed by atoms with E-state index in [2.05, 4.69) is 11.4 Å². The molecule has 5 nitrogen and oxygen atoms in total. The Morgan fingerprint density at radius 1 is 1.35 bits per heavy atom. The van der Waals surface area contributed by atoms with Gasteiger partial charge in [0.25, 0.3) is 0 Å². The smallest absolute Gasteiger partial charge is 0.326 e. The van der Waals surface area contributed by atoms with Crippen molar-refractivity contribution < 1.29 is 14.7 Å². The summed E-state index contributed by atoms with van der Waals surface area (Å²) < 4.78 is 0. The number of carboxylic acid groups (broad SMARTS) is 1. The van der Waals surface area contributed by atoms with Gasteiger partial charge in [0.2, 0.25) is 5.91 Å². The van der Waals surface area contributed by atoms with Crippen molar-refractivity contribution >= 4 is 17.6 Å². The zero-order valence-corrected chi connectivity index (χ0v) is 11.0. The second kappa shape index (κ2) is 3.98. The lowest BCUT2D eigenvalue weighted by atomic mass is 9.80. The van der Waals surface area contributed by atoms with Crippen molar-refractivity contribution in [3.8, 4) is 0 Å². The van der Waals surface area contributed by atoms with Gasteiger partial charge in [0.05, 0.1) is 12.1 Å². The standard InChI is InChI=1S/C15H16N2O3/c18-13-6-5-11-14-9(7-12(15(19)20)17(11)13)8-3-1-2-4-10(8)16-14/h1-4,9,11-12,14,16H,5-7H2,(H,19,20)/t9-,11+,12+,14+/m1/s1. The summed E-state index contributed by atoms with van der Waals surface area (Å²) >= 11 is 0. The van der Waals surface area contributed by atoms with Crippen LogP contribution in [0.15, 0.2) is 24.3 Å². The van der Waals surface area contributed by atoms with Gasteiger partial charge in [-0.15, -0.1) is 0 Å². The van der Waals surface area contributed by atoms with Gasteiger partial charge in [-0.3, -0.25) is 4.79 Å². The topological polar surface area (TPSA) is 69.6 Å². The minimum Gasteiger partial charge on any atom is -0.480 e. The number of para-hydroxylation sites is 1. The van der Waals surface area contributed by atoms with Crippen molar-refractivity contribution in [3.05, 3.63) is 29.8 Å². The number of amides is 1. The van der Waals surface area contributed by atoms with Crippen LogP contribution in [0.2, 0.25) is 0 Å². The number of carbonyl (C=O) groups excluding carboxylic acids is 1. The van der Waals surface area contributed by atoms with Crippen LogP contribution in [0.1, 0.15) is 30.7 Å². The predicted molar refractivity (Wildman–Crippen MR) is 72.5 cm³/mol. The molecule has 2 saturated heterocycles. The van der Waals surface area contributed by atoms with Crippen LogP contribution in [-0.4, -0.2) is 40.0 Å². The maximum atomic E-state index is 12.0. The number of rotatable bonds is 1. The van der Waals surface area contributed by atoms with E-state index in [-0.39, 0.29) is 23.9 Å². The van der Waals surface area contributed by atoms with Crippen LogP contribution in [0.4, 0.5) is 5.69 Å². The van der Waals surface area contributed by atoms with Gasteiger partial charge in [-0.05, 0) is 24.5 Å². The molecule has 5 heteroatoms. The molecule has 3 aliphatic rings. The second-order valence-corrected chi connectivity index (χ2v) is 5.86.